The Morgan fingerprint density at radius 2 is 1.84 bits per heavy atom. The monoisotopic (exact) mass is 431 g/mol. The SMILES string of the molecule is COC(=O)c1cc(C(=O)Nc2cccnc2)c2cc(Cc3ccc(F)cc3)cnc2c1O. The molecule has 0 radical (unpaired) electrons. The van der Waals surface area contributed by atoms with Crippen LogP contribution in [0.3, 0.4) is 0 Å². The van der Waals surface area contributed by atoms with E-state index in [2.05, 4.69) is 15.3 Å². The lowest BCUT2D eigenvalue weighted by Gasteiger charge is -2.13. The number of anilines is 1. The summed E-state index contributed by atoms with van der Waals surface area (Å²) in [5, 5.41) is 13.7. The first kappa shape index (κ1) is 20.9. The number of phenols is 1. The fraction of sp³-hybridized carbons (Fsp3) is 0.0833. The van der Waals surface area contributed by atoms with Crippen molar-refractivity contribution in [1.82, 2.24) is 9.97 Å². The molecule has 0 fully saturated rings. The maximum absolute atomic E-state index is 13.2. The highest BCUT2D eigenvalue weighted by Gasteiger charge is 2.22. The van der Waals surface area contributed by atoms with Crippen molar-refractivity contribution in [3.63, 3.8) is 0 Å². The number of phenolic OH excluding ortho intramolecular Hbond substituents is 1. The highest BCUT2D eigenvalue weighted by atomic mass is 19.1. The second-order valence-corrected chi connectivity index (χ2v) is 7.05. The van der Waals surface area contributed by atoms with Crippen LogP contribution in [0.2, 0.25) is 0 Å². The minimum absolute atomic E-state index is 0.0899. The Labute approximate surface area is 182 Å². The first-order valence-electron chi connectivity index (χ1n) is 9.65. The average Bonchev–Trinajstić information content (AvgIpc) is 2.81. The van der Waals surface area contributed by atoms with Gasteiger partial charge in [-0.3, -0.25) is 14.8 Å². The zero-order valence-corrected chi connectivity index (χ0v) is 17.0. The van der Waals surface area contributed by atoms with Crippen molar-refractivity contribution in [2.24, 2.45) is 0 Å². The number of aromatic nitrogens is 2. The number of ether oxygens (including phenoxy) is 1. The van der Waals surface area contributed by atoms with Crippen molar-refractivity contribution in [1.29, 1.82) is 0 Å². The summed E-state index contributed by atoms with van der Waals surface area (Å²) in [5.74, 6) is -2.01. The average molecular weight is 431 g/mol. The maximum Gasteiger partial charge on any atom is 0.341 e. The summed E-state index contributed by atoms with van der Waals surface area (Å²) < 4.78 is 17.9. The van der Waals surface area contributed by atoms with Crippen LogP contribution in [0.25, 0.3) is 10.9 Å². The molecule has 0 bridgehead atoms. The predicted molar refractivity (Wildman–Crippen MR) is 116 cm³/mol. The number of aromatic hydroxyl groups is 1. The summed E-state index contributed by atoms with van der Waals surface area (Å²) in [7, 11) is 1.18. The van der Waals surface area contributed by atoms with Gasteiger partial charge in [-0.25, -0.2) is 9.18 Å². The minimum atomic E-state index is -0.794. The smallest absolute Gasteiger partial charge is 0.341 e. The lowest BCUT2D eigenvalue weighted by atomic mass is 9.98. The number of amides is 1. The molecule has 2 aromatic heterocycles. The summed E-state index contributed by atoms with van der Waals surface area (Å²) in [6.45, 7) is 0. The van der Waals surface area contributed by atoms with Crippen LogP contribution in [-0.4, -0.2) is 34.1 Å². The second kappa shape index (κ2) is 8.81. The van der Waals surface area contributed by atoms with E-state index >= 15 is 0 Å². The summed E-state index contributed by atoms with van der Waals surface area (Å²) in [6.07, 6.45) is 5.04. The number of benzene rings is 2. The maximum atomic E-state index is 13.2. The molecule has 0 aliphatic rings. The van der Waals surface area contributed by atoms with Gasteiger partial charge in [0.15, 0.2) is 5.75 Å². The first-order chi connectivity index (χ1) is 15.5. The van der Waals surface area contributed by atoms with E-state index < -0.39 is 11.9 Å². The highest BCUT2D eigenvalue weighted by molar-refractivity contribution is 6.15. The molecule has 0 unspecified atom stereocenters. The molecular formula is C24H18FN3O4. The van der Waals surface area contributed by atoms with Gasteiger partial charge in [0, 0.05) is 17.8 Å². The Bertz CT molecular complexity index is 1310. The molecule has 0 saturated heterocycles. The molecule has 2 N–H and O–H groups in total. The van der Waals surface area contributed by atoms with Gasteiger partial charge in [0.1, 0.15) is 16.9 Å². The third kappa shape index (κ3) is 4.24. The van der Waals surface area contributed by atoms with Crippen LogP contribution < -0.4 is 5.32 Å². The molecule has 0 aliphatic heterocycles. The van der Waals surface area contributed by atoms with Crippen LogP contribution in [0.1, 0.15) is 31.8 Å². The van der Waals surface area contributed by atoms with Crippen LogP contribution >= 0.6 is 0 Å². The standard InChI is InChI=1S/C24H18FN3O4/c1-32-24(31)20-11-19(23(30)28-17-3-2-8-26-13-17)18-10-15(12-27-21(18)22(20)29)9-14-4-6-16(25)7-5-14/h2-8,10-13,29H,9H2,1H3,(H,28,30). The molecule has 2 heterocycles. The van der Waals surface area contributed by atoms with E-state index in [0.29, 0.717) is 17.5 Å². The van der Waals surface area contributed by atoms with Crippen LogP contribution in [0.15, 0.2) is 67.1 Å². The third-order valence-electron chi connectivity index (χ3n) is 4.89. The number of rotatable bonds is 5. The topological polar surface area (TPSA) is 101 Å². The second-order valence-electron chi connectivity index (χ2n) is 7.05. The quantitative estimate of drug-likeness (QED) is 0.461. The molecule has 2 aromatic carbocycles. The van der Waals surface area contributed by atoms with Gasteiger partial charge in [-0.05, 0) is 53.9 Å². The zero-order valence-electron chi connectivity index (χ0n) is 17.0. The number of nitrogens with zero attached hydrogens (tertiary/aromatic N) is 2. The zero-order chi connectivity index (χ0) is 22.7. The van der Waals surface area contributed by atoms with Crippen LogP contribution in [0.5, 0.6) is 5.75 Å². The van der Waals surface area contributed by atoms with E-state index in [-0.39, 0.29) is 28.2 Å². The number of hydrogen-bond donors (Lipinski definition) is 2. The Morgan fingerprint density at radius 3 is 2.53 bits per heavy atom. The molecule has 4 aromatic rings. The van der Waals surface area contributed by atoms with Gasteiger partial charge >= 0.3 is 5.97 Å². The number of fused-ring (bicyclic) bond motifs is 1. The largest absolute Gasteiger partial charge is 0.505 e. The van der Waals surface area contributed by atoms with E-state index in [9.17, 15) is 19.1 Å². The number of carbonyl (C=O) groups excluding carboxylic acids is 2. The summed E-state index contributed by atoms with van der Waals surface area (Å²) in [4.78, 5) is 33.5. The number of nitrogens with one attached hydrogen (secondary N) is 1. The number of methoxy groups -OCH3 is 1. The predicted octanol–water partition coefficient (Wildman–Crippen LogP) is 4.10. The molecule has 160 valence electrons. The van der Waals surface area contributed by atoms with Crippen molar-refractivity contribution in [2.45, 2.75) is 6.42 Å². The minimum Gasteiger partial charge on any atom is -0.505 e. The van der Waals surface area contributed by atoms with E-state index in [1.807, 2.05) is 0 Å². The van der Waals surface area contributed by atoms with E-state index in [4.69, 9.17) is 4.74 Å². The van der Waals surface area contributed by atoms with Gasteiger partial charge in [-0.15, -0.1) is 0 Å². The van der Waals surface area contributed by atoms with Gasteiger partial charge in [0.2, 0.25) is 0 Å². The van der Waals surface area contributed by atoms with Crippen molar-refractivity contribution >= 4 is 28.5 Å². The van der Waals surface area contributed by atoms with Crippen LogP contribution in [0, 0.1) is 5.82 Å². The molecule has 8 heteroatoms. The number of pyridine rings is 2. The van der Waals surface area contributed by atoms with Gasteiger partial charge in [0.25, 0.3) is 5.91 Å². The number of carbonyl (C=O) groups is 2. The molecule has 1 amide bonds. The van der Waals surface area contributed by atoms with Gasteiger partial charge in [0.05, 0.1) is 24.6 Å². The van der Waals surface area contributed by atoms with E-state index in [1.165, 1.54) is 37.7 Å². The number of esters is 1. The Morgan fingerprint density at radius 1 is 1.06 bits per heavy atom. The van der Waals surface area contributed by atoms with Crippen molar-refractivity contribution in [2.75, 3.05) is 12.4 Å². The van der Waals surface area contributed by atoms with E-state index in [1.54, 1.807) is 36.5 Å². The summed E-state index contributed by atoms with van der Waals surface area (Å²) in [6, 6.07) is 12.4. The molecule has 0 spiro atoms. The van der Waals surface area contributed by atoms with Crippen molar-refractivity contribution < 1.29 is 23.8 Å². The molecule has 7 nitrogen and oxygen atoms in total. The van der Waals surface area contributed by atoms with Crippen molar-refractivity contribution in [3.8, 4) is 5.75 Å². The van der Waals surface area contributed by atoms with Crippen molar-refractivity contribution in [3.05, 3.63) is 95.2 Å². The summed E-state index contributed by atoms with van der Waals surface area (Å²) in [5.41, 5.74) is 2.11. The molecule has 0 saturated carbocycles. The molecular weight excluding hydrogens is 413 g/mol. The molecule has 0 atom stereocenters. The fourth-order valence-corrected chi connectivity index (χ4v) is 3.34. The number of halogens is 1. The Balaban J connectivity index is 1.81. The molecule has 32 heavy (non-hydrogen) atoms. The molecule has 0 aliphatic carbocycles. The van der Waals surface area contributed by atoms with Gasteiger partial charge < -0.3 is 15.2 Å². The first-order valence-corrected chi connectivity index (χ1v) is 9.65. The third-order valence-corrected chi connectivity index (χ3v) is 4.89. The lowest BCUT2D eigenvalue weighted by Crippen LogP contribution is -2.15. The van der Waals surface area contributed by atoms with Crippen LogP contribution in [0.4, 0.5) is 10.1 Å². The Kier molecular flexibility index (Phi) is 5.76. The van der Waals surface area contributed by atoms with Gasteiger partial charge in [-0.2, -0.15) is 0 Å². The fourth-order valence-electron chi connectivity index (χ4n) is 3.34. The number of hydrogen-bond acceptors (Lipinski definition) is 6. The highest BCUT2D eigenvalue weighted by Crippen LogP contribution is 2.32. The van der Waals surface area contributed by atoms with E-state index in [0.717, 1.165) is 11.1 Å². The summed E-state index contributed by atoms with van der Waals surface area (Å²) >= 11 is 0. The molecule has 4 rings (SSSR count). The van der Waals surface area contributed by atoms with Gasteiger partial charge in [-0.1, -0.05) is 12.1 Å². The van der Waals surface area contributed by atoms with Crippen LogP contribution in [-0.2, 0) is 11.2 Å². The Hall–Kier alpha value is -4.33. The lowest BCUT2D eigenvalue weighted by molar-refractivity contribution is 0.0597. The normalized spacial score (nSPS) is 10.7.